The molecule has 1 aliphatic rings. The maximum atomic E-state index is 11.9. The van der Waals surface area contributed by atoms with Crippen LogP contribution < -0.4 is 9.47 Å². The number of carbonyl (C=O) groups is 1. The lowest BCUT2D eigenvalue weighted by molar-refractivity contribution is -0.162. The number of rotatable bonds is 1. The largest absolute Gasteiger partial charge is 0.463 e. The van der Waals surface area contributed by atoms with Crippen LogP contribution in [0.3, 0.4) is 0 Å². The van der Waals surface area contributed by atoms with Crippen molar-refractivity contribution in [3.63, 3.8) is 0 Å². The van der Waals surface area contributed by atoms with E-state index in [9.17, 15) is 10.1 Å². The van der Waals surface area contributed by atoms with Crippen LogP contribution in [0.1, 0.15) is 16.7 Å². The van der Waals surface area contributed by atoms with Gasteiger partial charge in [0.1, 0.15) is 17.6 Å². The molecule has 1 atom stereocenters. The number of esters is 1. The Balaban J connectivity index is 2.14. The minimum Gasteiger partial charge on any atom is -0.463 e. The highest BCUT2D eigenvalue weighted by Gasteiger charge is 2.29. The quantitative estimate of drug-likeness (QED) is 0.756. The van der Waals surface area contributed by atoms with Gasteiger partial charge >= 0.3 is 12.3 Å². The molecule has 1 heterocycles. The molecule has 0 amide bonds. The molecule has 0 radical (unpaired) electrons. The van der Waals surface area contributed by atoms with E-state index in [1.165, 1.54) is 7.11 Å². The van der Waals surface area contributed by atoms with Crippen LogP contribution >= 0.6 is 0 Å². The van der Waals surface area contributed by atoms with E-state index in [1.807, 2.05) is 24.3 Å². The number of ether oxygens (including phenoxy) is 3. The number of para-hydroxylation sites is 2. The van der Waals surface area contributed by atoms with Crippen LogP contribution in [0.4, 0.5) is 0 Å². The zero-order valence-corrected chi connectivity index (χ0v) is 11.9. The first-order valence-electron chi connectivity index (χ1n) is 6.74. The monoisotopic (exact) mass is 295 g/mol. The van der Waals surface area contributed by atoms with Gasteiger partial charge in [0, 0.05) is 12.0 Å². The van der Waals surface area contributed by atoms with Gasteiger partial charge in [0.25, 0.3) is 0 Å². The normalized spacial score (nSPS) is 15.7. The van der Waals surface area contributed by atoms with Crippen LogP contribution in [-0.2, 0) is 16.0 Å². The van der Waals surface area contributed by atoms with Crippen molar-refractivity contribution in [2.24, 2.45) is 0 Å². The smallest absolute Gasteiger partial charge is 0.389 e. The average molecular weight is 295 g/mol. The van der Waals surface area contributed by atoms with Crippen molar-refractivity contribution in [1.29, 1.82) is 5.26 Å². The Hall–Kier alpha value is -3.00. The van der Waals surface area contributed by atoms with E-state index in [-0.39, 0.29) is 0 Å². The lowest BCUT2D eigenvalue weighted by atomic mass is 10.0. The second-order valence-electron chi connectivity index (χ2n) is 4.78. The Labute approximate surface area is 127 Å². The van der Waals surface area contributed by atoms with Crippen LogP contribution in [0.25, 0.3) is 0 Å². The fourth-order valence-corrected chi connectivity index (χ4v) is 2.36. The Morgan fingerprint density at radius 3 is 2.73 bits per heavy atom. The summed E-state index contributed by atoms with van der Waals surface area (Å²) in [5, 5.41) is 9.25. The van der Waals surface area contributed by atoms with Crippen molar-refractivity contribution in [1.82, 2.24) is 0 Å². The third-order valence-electron chi connectivity index (χ3n) is 3.42. The number of fused-ring (bicyclic) bond motifs is 2. The lowest BCUT2D eigenvalue weighted by Crippen LogP contribution is -2.36. The molecule has 5 heteroatoms. The Morgan fingerprint density at radius 1 is 1.18 bits per heavy atom. The Kier molecular flexibility index (Phi) is 3.67. The molecule has 110 valence electrons. The fraction of sp³-hybridized carbons (Fsp3) is 0.176. The van der Waals surface area contributed by atoms with Crippen LogP contribution in [-0.4, -0.2) is 19.4 Å². The highest BCUT2D eigenvalue weighted by atomic mass is 16.7. The number of benzene rings is 2. The first-order valence-corrected chi connectivity index (χ1v) is 6.74. The predicted molar refractivity (Wildman–Crippen MR) is 77.5 cm³/mol. The minimum absolute atomic E-state index is 0.356. The molecule has 0 spiro atoms. The lowest BCUT2D eigenvalue weighted by Gasteiger charge is -2.24. The molecular formula is C17H13NO4. The number of nitriles is 1. The second-order valence-corrected chi connectivity index (χ2v) is 4.78. The first kappa shape index (κ1) is 14.0. The Bertz CT molecular complexity index is 763. The average Bonchev–Trinajstić information content (AvgIpc) is 2.54. The van der Waals surface area contributed by atoms with Crippen molar-refractivity contribution < 1.29 is 19.0 Å². The van der Waals surface area contributed by atoms with E-state index in [4.69, 9.17) is 14.2 Å². The molecule has 0 N–H and O–H groups in total. The van der Waals surface area contributed by atoms with Crippen molar-refractivity contribution in [2.75, 3.05) is 7.11 Å². The maximum absolute atomic E-state index is 11.9. The van der Waals surface area contributed by atoms with Gasteiger partial charge in [-0.05, 0) is 17.7 Å². The van der Waals surface area contributed by atoms with Crippen LogP contribution in [0, 0.1) is 11.3 Å². The Morgan fingerprint density at radius 2 is 1.95 bits per heavy atom. The predicted octanol–water partition coefficient (Wildman–Crippen LogP) is 2.42. The summed E-state index contributed by atoms with van der Waals surface area (Å²) in [4.78, 5) is 11.9. The van der Waals surface area contributed by atoms with E-state index in [0.717, 1.165) is 11.1 Å². The molecule has 3 rings (SSSR count). The molecule has 1 aliphatic heterocycles. The zero-order valence-electron chi connectivity index (χ0n) is 11.9. The highest BCUT2D eigenvalue weighted by Crippen LogP contribution is 2.33. The van der Waals surface area contributed by atoms with Gasteiger partial charge in [0.05, 0.1) is 12.7 Å². The van der Waals surface area contributed by atoms with E-state index in [2.05, 4.69) is 6.07 Å². The summed E-state index contributed by atoms with van der Waals surface area (Å²) in [5.41, 5.74) is 2.09. The van der Waals surface area contributed by atoms with Gasteiger partial charge in [-0.15, -0.1) is 0 Å². The molecule has 0 bridgehead atoms. The van der Waals surface area contributed by atoms with Gasteiger partial charge in [-0.3, -0.25) is 0 Å². The van der Waals surface area contributed by atoms with Crippen molar-refractivity contribution in [3.8, 4) is 17.6 Å². The minimum atomic E-state index is -1.25. The SMILES string of the molecule is COC(=O)C1Oc2ccccc2Cc2cccc(C#N)c2O1. The zero-order chi connectivity index (χ0) is 15.5. The molecule has 1 unspecified atom stereocenters. The fourth-order valence-electron chi connectivity index (χ4n) is 2.36. The summed E-state index contributed by atoms with van der Waals surface area (Å²) in [6, 6.07) is 14.8. The van der Waals surface area contributed by atoms with Gasteiger partial charge in [-0.25, -0.2) is 4.79 Å². The van der Waals surface area contributed by atoms with Crippen LogP contribution in [0.5, 0.6) is 11.5 Å². The van der Waals surface area contributed by atoms with E-state index < -0.39 is 12.3 Å². The molecule has 0 aliphatic carbocycles. The van der Waals surface area contributed by atoms with E-state index in [1.54, 1.807) is 18.2 Å². The summed E-state index contributed by atoms with van der Waals surface area (Å²) >= 11 is 0. The number of hydrogen-bond acceptors (Lipinski definition) is 5. The van der Waals surface area contributed by atoms with Crippen LogP contribution in [0.15, 0.2) is 42.5 Å². The summed E-state index contributed by atoms with van der Waals surface area (Å²) < 4.78 is 16.0. The molecule has 22 heavy (non-hydrogen) atoms. The molecular weight excluding hydrogens is 282 g/mol. The highest BCUT2D eigenvalue weighted by molar-refractivity contribution is 5.74. The molecule has 0 aromatic heterocycles. The number of methoxy groups -OCH3 is 1. The number of nitrogens with zero attached hydrogens (tertiary/aromatic N) is 1. The maximum Gasteiger partial charge on any atom is 0.389 e. The standard InChI is InChI=1S/C17H13NO4/c1-20-16(19)17-21-14-8-3-2-5-11(14)9-12-6-4-7-13(10-18)15(12)22-17/h2-8,17H,9H2,1H3. The van der Waals surface area contributed by atoms with Crippen molar-refractivity contribution >= 4 is 5.97 Å². The van der Waals surface area contributed by atoms with Gasteiger partial charge in [0.2, 0.25) is 0 Å². The van der Waals surface area contributed by atoms with Crippen LogP contribution in [0.2, 0.25) is 0 Å². The second kappa shape index (κ2) is 5.78. The topological polar surface area (TPSA) is 68.5 Å². The van der Waals surface area contributed by atoms with Crippen molar-refractivity contribution in [3.05, 3.63) is 59.2 Å². The van der Waals surface area contributed by atoms with E-state index >= 15 is 0 Å². The van der Waals surface area contributed by atoms with Gasteiger partial charge in [-0.1, -0.05) is 30.3 Å². The molecule has 0 saturated carbocycles. The number of hydrogen-bond donors (Lipinski definition) is 0. The third kappa shape index (κ3) is 2.47. The molecule has 2 aromatic carbocycles. The van der Waals surface area contributed by atoms with Crippen molar-refractivity contribution in [2.45, 2.75) is 12.7 Å². The summed E-state index contributed by atoms with van der Waals surface area (Å²) in [6.07, 6.45) is -0.700. The van der Waals surface area contributed by atoms with Gasteiger partial charge in [0.15, 0.2) is 0 Å². The van der Waals surface area contributed by atoms with Gasteiger partial charge < -0.3 is 14.2 Å². The molecule has 0 fully saturated rings. The molecule has 2 aromatic rings. The molecule has 5 nitrogen and oxygen atoms in total. The first-order chi connectivity index (χ1) is 10.7. The van der Waals surface area contributed by atoms with E-state index in [0.29, 0.717) is 23.5 Å². The summed E-state index contributed by atoms with van der Waals surface area (Å²) in [6.45, 7) is 0. The van der Waals surface area contributed by atoms with Gasteiger partial charge in [-0.2, -0.15) is 5.26 Å². The molecule has 0 saturated heterocycles. The third-order valence-corrected chi connectivity index (χ3v) is 3.42. The number of carbonyl (C=O) groups excluding carboxylic acids is 1. The summed E-state index contributed by atoms with van der Waals surface area (Å²) in [5.74, 6) is 0.260. The summed E-state index contributed by atoms with van der Waals surface area (Å²) in [7, 11) is 1.26.